The molecule has 0 radical (unpaired) electrons. The van der Waals surface area contributed by atoms with Crippen molar-refractivity contribution in [3.63, 3.8) is 0 Å². The van der Waals surface area contributed by atoms with Crippen LogP contribution in [-0.2, 0) is 9.84 Å². The van der Waals surface area contributed by atoms with Crippen LogP contribution in [0.25, 0.3) is 0 Å². The fraction of sp³-hybridized carbons (Fsp3) is 0.938. The lowest BCUT2D eigenvalue weighted by Crippen LogP contribution is -2.41. The maximum atomic E-state index is 11.1. The second-order valence-electron chi connectivity index (χ2n) is 6.41. The first-order valence-corrected chi connectivity index (χ1v) is 10.9. The fourth-order valence-corrected chi connectivity index (χ4v) is 3.49. The molecule has 1 atom stereocenters. The van der Waals surface area contributed by atoms with Gasteiger partial charge in [0.05, 0.1) is 5.75 Å². The molecule has 1 unspecified atom stereocenters. The summed E-state index contributed by atoms with van der Waals surface area (Å²) < 4.78 is 22.2. The van der Waals surface area contributed by atoms with Gasteiger partial charge in [-0.25, -0.2) is 8.42 Å². The van der Waals surface area contributed by atoms with Crippen LogP contribution in [0.1, 0.15) is 46.0 Å². The smallest absolute Gasteiger partial charge is 0.191 e. The Morgan fingerprint density at radius 2 is 2.00 bits per heavy atom. The molecule has 0 aromatic heterocycles. The first kappa shape index (κ1) is 23.9. The van der Waals surface area contributed by atoms with Gasteiger partial charge in [-0.3, -0.25) is 4.99 Å². The van der Waals surface area contributed by atoms with Gasteiger partial charge in [-0.1, -0.05) is 6.42 Å². The van der Waals surface area contributed by atoms with Crippen molar-refractivity contribution >= 4 is 39.8 Å². The van der Waals surface area contributed by atoms with Crippen LogP contribution in [0, 0.1) is 0 Å². The van der Waals surface area contributed by atoms with Crippen molar-refractivity contribution in [1.29, 1.82) is 0 Å². The van der Waals surface area contributed by atoms with E-state index < -0.39 is 9.84 Å². The monoisotopic (exact) mass is 474 g/mol. The third-order valence-corrected chi connectivity index (χ3v) is 5.17. The van der Waals surface area contributed by atoms with Crippen LogP contribution in [-0.4, -0.2) is 70.1 Å². The highest BCUT2D eigenvalue weighted by Crippen LogP contribution is 2.15. The molecule has 1 aliphatic heterocycles. The Morgan fingerprint density at radius 1 is 1.25 bits per heavy atom. The van der Waals surface area contributed by atoms with E-state index in [1.54, 1.807) is 0 Å². The molecule has 144 valence electrons. The summed E-state index contributed by atoms with van der Waals surface area (Å²) in [5.41, 5.74) is 0. The summed E-state index contributed by atoms with van der Waals surface area (Å²) in [6.45, 7) is 8.93. The molecule has 8 heteroatoms. The van der Waals surface area contributed by atoms with Crippen LogP contribution in [0.4, 0.5) is 0 Å². The summed E-state index contributed by atoms with van der Waals surface area (Å²) in [5, 5.41) is 6.54. The standard InChI is InChI=1S/C16H34N4O2S.HI/c1-4-17-16(19-11-8-14-23(3,21)22)18-10-7-13-20-12-6-5-9-15(20)2;/h15H,4-14H2,1-3H3,(H2,17,18,19);1H. The van der Waals surface area contributed by atoms with Gasteiger partial charge < -0.3 is 15.5 Å². The number of hydrogen-bond donors (Lipinski definition) is 2. The molecule has 6 nitrogen and oxygen atoms in total. The van der Waals surface area contributed by atoms with Crippen molar-refractivity contribution < 1.29 is 8.42 Å². The van der Waals surface area contributed by atoms with Crippen LogP contribution in [0.5, 0.6) is 0 Å². The molecule has 0 spiro atoms. The summed E-state index contributed by atoms with van der Waals surface area (Å²) in [7, 11) is -2.89. The molecular weight excluding hydrogens is 439 g/mol. The van der Waals surface area contributed by atoms with Gasteiger partial charge in [0.15, 0.2) is 5.96 Å². The van der Waals surface area contributed by atoms with Crippen molar-refractivity contribution in [1.82, 2.24) is 15.5 Å². The molecule has 0 bridgehead atoms. The Labute approximate surface area is 165 Å². The van der Waals surface area contributed by atoms with Gasteiger partial charge >= 0.3 is 0 Å². The second-order valence-corrected chi connectivity index (χ2v) is 8.66. The number of piperidine rings is 1. The molecule has 0 aliphatic carbocycles. The zero-order valence-electron chi connectivity index (χ0n) is 15.4. The predicted octanol–water partition coefficient (Wildman–Crippen LogP) is 1.86. The van der Waals surface area contributed by atoms with Crippen LogP contribution in [0.3, 0.4) is 0 Å². The van der Waals surface area contributed by atoms with Crippen molar-refractivity contribution in [2.45, 2.75) is 52.0 Å². The van der Waals surface area contributed by atoms with Crippen LogP contribution in [0.15, 0.2) is 4.99 Å². The first-order valence-electron chi connectivity index (χ1n) is 8.86. The number of guanidine groups is 1. The third kappa shape index (κ3) is 11.5. The van der Waals surface area contributed by atoms with E-state index in [4.69, 9.17) is 0 Å². The Morgan fingerprint density at radius 3 is 2.62 bits per heavy atom. The largest absolute Gasteiger partial charge is 0.357 e. The zero-order valence-corrected chi connectivity index (χ0v) is 18.5. The summed E-state index contributed by atoms with van der Waals surface area (Å²) in [6, 6.07) is 0.710. The van der Waals surface area contributed by atoms with Crippen molar-refractivity contribution in [3.05, 3.63) is 0 Å². The van der Waals surface area contributed by atoms with Crippen LogP contribution < -0.4 is 10.6 Å². The van der Waals surface area contributed by atoms with Gasteiger partial charge in [0, 0.05) is 38.5 Å². The van der Waals surface area contributed by atoms with E-state index in [2.05, 4.69) is 27.4 Å². The van der Waals surface area contributed by atoms with E-state index in [1.807, 2.05) is 6.92 Å². The van der Waals surface area contributed by atoms with E-state index in [0.29, 0.717) is 19.0 Å². The van der Waals surface area contributed by atoms with Gasteiger partial charge in [-0.05, 0) is 46.1 Å². The average molecular weight is 474 g/mol. The normalized spacial score (nSPS) is 19.6. The average Bonchev–Trinajstić information content (AvgIpc) is 2.48. The van der Waals surface area contributed by atoms with Gasteiger partial charge in [0.25, 0.3) is 0 Å². The SMILES string of the molecule is CCNC(=NCCCS(C)(=O)=O)NCCCN1CCCCC1C.I. The number of nitrogens with zero attached hydrogens (tertiary/aromatic N) is 2. The number of sulfone groups is 1. The van der Waals surface area contributed by atoms with Crippen molar-refractivity contribution in [2.75, 3.05) is 44.7 Å². The van der Waals surface area contributed by atoms with E-state index in [-0.39, 0.29) is 29.7 Å². The molecule has 2 N–H and O–H groups in total. The highest BCUT2D eigenvalue weighted by Gasteiger charge is 2.17. The molecule has 0 amide bonds. The number of rotatable bonds is 9. The number of nitrogens with one attached hydrogen (secondary N) is 2. The summed E-state index contributed by atoms with van der Waals surface area (Å²) >= 11 is 0. The van der Waals surface area contributed by atoms with Crippen molar-refractivity contribution in [2.24, 2.45) is 4.99 Å². The maximum absolute atomic E-state index is 11.1. The lowest BCUT2D eigenvalue weighted by molar-refractivity contribution is 0.159. The summed E-state index contributed by atoms with van der Waals surface area (Å²) in [4.78, 5) is 7.00. The quantitative estimate of drug-likeness (QED) is 0.231. The second kappa shape index (κ2) is 13.2. The molecule has 1 rings (SSSR count). The minimum atomic E-state index is -2.89. The Bertz CT molecular complexity index is 457. The third-order valence-electron chi connectivity index (χ3n) is 4.14. The lowest BCUT2D eigenvalue weighted by Gasteiger charge is -2.33. The molecule has 1 fully saturated rings. The molecule has 24 heavy (non-hydrogen) atoms. The highest BCUT2D eigenvalue weighted by molar-refractivity contribution is 14.0. The van der Waals surface area contributed by atoms with Gasteiger partial charge in [0.1, 0.15) is 9.84 Å². The Hall–Kier alpha value is -0.0900. The minimum absolute atomic E-state index is 0. The molecule has 0 aromatic rings. The number of hydrogen-bond acceptors (Lipinski definition) is 4. The number of likely N-dealkylation sites (tertiary alicyclic amines) is 1. The van der Waals surface area contributed by atoms with Gasteiger partial charge in [-0.2, -0.15) is 0 Å². The first-order chi connectivity index (χ1) is 10.9. The van der Waals surface area contributed by atoms with Crippen LogP contribution in [0.2, 0.25) is 0 Å². The van der Waals surface area contributed by atoms with Crippen LogP contribution >= 0.6 is 24.0 Å². The lowest BCUT2D eigenvalue weighted by atomic mass is 10.0. The summed E-state index contributed by atoms with van der Waals surface area (Å²) in [5.74, 6) is 0.982. The van der Waals surface area contributed by atoms with Crippen molar-refractivity contribution in [3.8, 4) is 0 Å². The fourth-order valence-electron chi connectivity index (χ4n) is 2.84. The Kier molecular flexibility index (Phi) is 13.1. The van der Waals surface area contributed by atoms with E-state index in [9.17, 15) is 8.42 Å². The van der Waals surface area contributed by atoms with Gasteiger partial charge in [-0.15, -0.1) is 24.0 Å². The van der Waals surface area contributed by atoms with E-state index in [0.717, 1.165) is 32.0 Å². The maximum Gasteiger partial charge on any atom is 0.191 e. The molecule has 0 saturated carbocycles. The molecule has 0 aromatic carbocycles. The molecule has 1 saturated heterocycles. The molecule has 1 heterocycles. The topological polar surface area (TPSA) is 73.8 Å². The van der Waals surface area contributed by atoms with E-state index in [1.165, 1.54) is 32.1 Å². The predicted molar refractivity (Wildman–Crippen MR) is 113 cm³/mol. The Balaban J connectivity index is 0.00000529. The number of halogens is 1. The van der Waals surface area contributed by atoms with E-state index >= 15 is 0 Å². The molecular formula is C16H35IN4O2S. The zero-order chi connectivity index (χ0) is 17.1. The highest BCUT2D eigenvalue weighted by atomic mass is 127. The minimum Gasteiger partial charge on any atom is -0.357 e. The summed E-state index contributed by atoms with van der Waals surface area (Å²) in [6.07, 6.45) is 6.93. The number of aliphatic imine (C=N–C) groups is 1. The molecule has 1 aliphatic rings. The van der Waals surface area contributed by atoms with Gasteiger partial charge in [0.2, 0.25) is 0 Å².